The van der Waals surface area contributed by atoms with E-state index in [4.69, 9.17) is 0 Å². The van der Waals surface area contributed by atoms with Gasteiger partial charge in [-0.1, -0.05) is 18.2 Å². The summed E-state index contributed by atoms with van der Waals surface area (Å²) in [4.78, 5) is 43.3. The predicted octanol–water partition coefficient (Wildman–Crippen LogP) is 3.41. The number of nitrogens with zero attached hydrogens (tertiary/aromatic N) is 2. The zero-order valence-electron chi connectivity index (χ0n) is 21.6. The Morgan fingerprint density at radius 3 is 2.49 bits per heavy atom. The molecule has 0 fully saturated rings. The first-order valence-corrected chi connectivity index (χ1v) is 12.5. The van der Waals surface area contributed by atoms with E-state index in [9.17, 15) is 23.9 Å². The summed E-state index contributed by atoms with van der Waals surface area (Å²) in [5, 5.41) is 14.9. The number of pyridine rings is 2. The van der Waals surface area contributed by atoms with Crippen molar-refractivity contribution in [3.63, 3.8) is 0 Å². The molecule has 0 aliphatic carbocycles. The van der Waals surface area contributed by atoms with Crippen molar-refractivity contribution in [2.75, 3.05) is 19.0 Å². The average Bonchev–Trinajstić information content (AvgIpc) is 2.95. The van der Waals surface area contributed by atoms with Crippen LogP contribution in [0.25, 0.3) is 11.3 Å². The second-order valence-corrected chi connectivity index (χ2v) is 9.12. The third-order valence-electron chi connectivity index (χ3n) is 6.39. The Kier molecular flexibility index (Phi) is 8.75. The van der Waals surface area contributed by atoms with Gasteiger partial charge in [0.05, 0.1) is 18.3 Å². The Labute approximate surface area is 225 Å². The first kappa shape index (κ1) is 27.6. The maximum Gasteiger partial charge on any atom is 0.275 e. The van der Waals surface area contributed by atoms with Crippen LogP contribution in [0.15, 0.2) is 83.9 Å². The molecule has 0 saturated heterocycles. The lowest BCUT2D eigenvalue weighted by Gasteiger charge is -2.17. The van der Waals surface area contributed by atoms with Crippen LogP contribution < -0.4 is 16.2 Å². The maximum absolute atomic E-state index is 13.7. The van der Waals surface area contributed by atoms with Gasteiger partial charge in [0.1, 0.15) is 11.5 Å². The maximum atomic E-state index is 13.7. The fourth-order valence-electron chi connectivity index (χ4n) is 4.12. The largest absolute Gasteiger partial charge is 0.396 e. The van der Waals surface area contributed by atoms with Gasteiger partial charge in [-0.3, -0.25) is 19.4 Å². The van der Waals surface area contributed by atoms with Crippen LogP contribution >= 0.6 is 0 Å². The highest BCUT2D eigenvalue weighted by Crippen LogP contribution is 2.23. The molecule has 0 saturated carbocycles. The molecular weight excluding hydrogens is 499 g/mol. The minimum Gasteiger partial charge on any atom is -0.396 e. The number of halogens is 1. The van der Waals surface area contributed by atoms with Gasteiger partial charge in [-0.2, -0.15) is 0 Å². The van der Waals surface area contributed by atoms with Crippen molar-refractivity contribution in [1.82, 2.24) is 14.9 Å². The average molecular weight is 529 g/mol. The molecule has 2 aromatic heterocycles. The second-order valence-electron chi connectivity index (χ2n) is 9.12. The first-order chi connectivity index (χ1) is 18.8. The number of likely N-dealkylation sites (N-methyl/N-ethyl adjacent to an activating group) is 1. The normalized spacial score (nSPS) is 11.7. The molecule has 2 heterocycles. The fraction of sp³-hybridized carbons (Fsp3) is 0.200. The Balaban J connectivity index is 1.76. The number of benzene rings is 2. The van der Waals surface area contributed by atoms with Crippen LogP contribution in [0.4, 0.5) is 10.1 Å². The minimum atomic E-state index is -0.508. The van der Waals surface area contributed by atoms with E-state index < -0.39 is 17.4 Å². The van der Waals surface area contributed by atoms with Gasteiger partial charge in [0.2, 0.25) is 5.91 Å². The summed E-state index contributed by atoms with van der Waals surface area (Å²) < 4.78 is 14.8. The molecule has 1 atom stereocenters. The monoisotopic (exact) mass is 528 g/mol. The van der Waals surface area contributed by atoms with E-state index in [1.807, 2.05) is 24.3 Å². The number of nitrogens with one attached hydrogen (secondary N) is 2. The molecule has 0 radical (unpaired) electrons. The van der Waals surface area contributed by atoms with Crippen LogP contribution in [0, 0.1) is 5.82 Å². The number of hydrogen-bond acceptors (Lipinski definition) is 6. The highest BCUT2D eigenvalue weighted by Gasteiger charge is 2.17. The van der Waals surface area contributed by atoms with E-state index >= 15 is 0 Å². The highest BCUT2D eigenvalue weighted by atomic mass is 19.1. The third-order valence-corrected chi connectivity index (χ3v) is 6.39. The number of ketones is 1. The Bertz CT molecular complexity index is 1550. The lowest BCUT2D eigenvalue weighted by atomic mass is 10.0. The van der Waals surface area contributed by atoms with Gasteiger partial charge in [0, 0.05) is 30.1 Å². The predicted molar refractivity (Wildman–Crippen MR) is 147 cm³/mol. The van der Waals surface area contributed by atoms with Crippen molar-refractivity contribution in [1.29, 1.82) is 0 Å². The van der Waals surface area contributed by atoms with Gasteiger partial charge in [0.15, 0.2) is 5.78 Å². The molecule has 200 valence electrons. The number of anilines is 1. The number of aliphatic hydroxyl groups excluding tert-OH is 1. The Morgan fingerprint density at radius 1 is 1.00 bits per heavy atom. The second kappa shape index (κ2) is 12.4. The van der Waals surface area contributed by atoms with Crippen molar-refractivity contribution in [2.24, 2.45) is 0 Å². The molecule has 8 nitrogen and oxygen atoms in total. The number of hydrogen-bond donors (Lipinski definition) is 3. The number of amides is 1. The van der Waals surface area contributed by atoms with Gasteiger partial charge >= 0.3 is 0 Å². The molecule has 9 heteroatoms. The number of carbonyl (C=O) groups excluding carboxylic acids is 2. The molecular formula is C30H29FN4O4. The van der Waals surface area contributed by atoms with E-state index in [0.29, 0.717) is 28.8 Å². The number of aromatic nitrogens is 2. The van der Waals surface area contributed by atoms with E-state index in [0.717, 1.165) is 11.1 Å². The minimum absolute atomic E-state index is 0.00851. The summed E-state index contributed by atoms with van der Waals surface area (Å²) >= 11 is 0. The van der Waals surface area contributed by atoms with Crippen molar-refractivity contribution < 1.29 is 19.1 Å². The first-order valence-electron chi connectivity index (χ1n) is 12.5. The van der Waals surface area contributed by atoms with Crippen molar-refractivity contribution in [2.45, 2.75) is 25.9 Å². The summed E-state index contributed by atoms with van der Waals surface area (Å²) in [5.74, 6) is -1.12. The molecule has 39 heavy (non-hydrogen) atoms. The topological polar surface area (TPSA) is 113 Å². The molecule has 4 rings (SSSR count). The number of aliphatic hydroxyl groups is 1. The third kappa shape index (κ3) is 6.51. The van der Waals surface area contributed by atoms with E-state index in [-0.39, 0.29) is 30.5 Å². The lowest BCUT2D eigenvalue weighted by molar-refractivity contribution is -0.117. The van der Waals surface area contributed by atoms with Crippen LogP contribution in [-0.4, -0.2) is 46.0 Å². The van der Waals surface area contributed by atoms with E-state index in [1.54, 1.807) is 38.4 Å². The van der Waals surface area contributed by atoms with Crippen LogP contribution in [0.5, 0.6) is 0 Å². The quantitative estimate of drug-likeness (QED) is 0.272. The van der Waals surface area contributed by atoms with E-state index in [2.05, 4.69) is 15.6 Å². The van der Waals surface area contributed by atoms with Gasteiger partial charge in [-0.15, -0.1) is 0 Å². The Morgan fingerprint density at radius 2 is 1.77 bits per heavy atom. The van der Waals surface area contributed by atoms with Crippen LogP contribution in [-0.2, 0) is 17.8 Å². The van der Waals surface area contributed by atoms with Gasteiger partial charge in [-0.05, 0) is 85.6 Å². The van der Waals surface area contributed by atoms with Crippen LogP contribution in [0.1, 0.15) is 34.0 Å². The zero-order valence-corrected chi connectivity index (χ0v) is 21.6. The molecule has 1 unspecified atom stereocenters. The molecule has 2 aromatic carbocycles. The highest BCUT2D eigenvalue weighted by molar-refractivity contribution is 6.08. The van der Waals surface area contributed by atoms with Crippen LogP contribution in [0.3, 0.4) is 0 Å². The summed E-state index contributed by atoms with van der Waals surface area (Å²) in [7, 11) is 1.65. The summed E-state index contributed by atoms with van der Waals surface area (Å²) in [5.41, 5.74) is 3.15. The molecule has 0 aliphatic rings. The van der Waals surface area contributed by atoms with Crippen LogP contribution in [0.2, 0.25) is 0 Å². The summed E-state index contributed by atoms with van der Waals surface area (Å²) in [6.07, 6.45) is 3.45. The van der Waals surface area contributed by atoms with Gasteiger partial charge in [-0.25, -0.2) is 4.39 Å². The number of rotatable bonds is 10. The molecule has 4 aromatic rings. The molecule has 0 bridgehead atoms. The molecule has 1 amide bonds. The lowest BCUT2D eigenvalue weighted by Crippen LogP contribution is -2.37. The molecule has 3 N–H and O–H groups in total. The van der Waals surface area contributed by atoms with Gasteiger partial charge in [0.25, 0.3) is 5.56 Å². The molecule has 0 spiro atoms. The van der Waals surface area contributed by atoms with Crippen molar-refractivity contribution in [3.8, 4) is 11.3 Å². The SMILES string of the molecule is CNC(C)C(=O)Nc1ccc(-c2cccc(CCO)c2)n(Cc2cncc(C(=O)c3ccc(F)cc3)c2)c1=O. The van der Waals surface area contributed by atoms with E-state index in [1.165, 1.54) is 35.0 Å². The van der Waals surface area contributed by atoms with Gasteiger partial charge < -0.3 is 20.3 Å². The smallest absolute Gasteiger partial charge is 0.275 e. The zero-order chi connectivity index (χ0) is 27.9. The summed E-state index contributed by atoms with van der Waals surface area (Å²) in [6, 6.07) is 17.2. The Hall–Kier alpha value is -4.47. The fourth-order valence-corrected chi connectivity index (χ4v) is 4.12. The van der Waals surface area contributed by atoms with Crippen molar-refractivity contribution in [3.05, 3.63) is 118 Å². The summed E-state index contributed by atoms with van der Waals surface area (Å²) in [6.45, 7) is 1.75. The molecule has 0 aliphatic heterocycles. The van der Waals surface area contributed by atoms with Crippen molar-refractivity contribution >= 4 is 17.4 Å². The number of carbonyl (C=O) groups is 2. The standard InChI is InChI=1S/C30H29FN4O4/c1-19(32-2)29(38)34-26-10-11-27(23-5-3-4-20(14-23)12-13-36)35(30(26)39)18-21-15-24(17-33-16-21)28(37)22-6-8-25(31)9-7-22/h3-11,14-17,19,32,36H,12-13,18H2,1-2H3,(H,34,38).